The van der Waals surface area contributed by atoms with Crippen molar-refractivity contribution in [3.05, 3.63) is 23.5 Å². The summed E-state index contributed by atoms with van der Waals surface area (Å²) >= 11 is 1.47. The summed E-state index contributed by atoms with van der Waals surface area (Å²) in [5.41, 5.74) is 0. The Hall–Kier alpha value is -1.49. The summed E-state index contributed by atoms with van der Waals surface area (Å²) in [6.07, 6.45) is 1.62. The van der Waals surface area contributed by atoms with Gasteiger partial charge in [-0.1, -0.05) is 0 Å². The number of rotatable bonds is 1. The van der Waals surface area contributed by atoms with E-state index in [1.807, 2.05) is 11.4 Å². The van der Waals surface area contributed by atoms with Gasteiger partial charge in [0.05, 0.1) is 7.11 Å². The van der Waals surface area contributed by atoms with Crippen molar-refractivity contribution in [3.63, 3.8) is 0 Å². The Labute approximate surface area is 78.2 Å². The molecule has 0 N–H and O–H groups in total. The highest BCUT2D eigenvalue weighted by Crippen LogP contribution is 2.16. The van der Waals surface area contributed by atoms with Gasteiger partial charge < -0.3 is 4.74 Å². The van der Waals surface area contributed by atoms with Crippen LogP contribution in [0.4, 0.5) is 0 Å². The third-order valence-electron chi connectivity index (χ3n) is 1.58. The predicted molar refractivity (Wildman–Crippen MR) is 48.8 cm³/mol. The second kappa shape index (κ2) is 3.10. The normalized spacial score (nSPS) is 10.2. The Morgan fingerprint density at radius 1 is 1.62 bits per heavy atom. The van der Waals surface area contributed by atoms with Gasteiger partial charge in [-0.2, -0.15) is 0 Å². The maximum atomic E-state index is 11.0. The van der Waals surface area contributed by atoms with Crippen LogP contribution < -0.4 is 0 Å². The number of aromatic nitrogens is 2. The minimum absolute atomic E-state index is 0.109. The van der Waals surface area contributed by atoms with E-state index in [0.717, 1.165) is 10.2 Å². The van der Waals surface area contributed by atoms with E-state index in [1.165, 1.54) is 18.4 Å². The number of hydrogen-bond acceptors (Lipinski definition) is 5. The zero-order valence-electron chi connectivity index (χ0n) is 6.85. The molecule has 2 heterocycles. The zero-order valence-corrected chi connectivity index (χ0v) is 7.67. The van der Waals surface area contributed by atoms with Crippen LogP contribution >= 0.6 is 11.3 Å². The molecule has 0 spiro atoms. The smallest absolute Gasteiger partial charge is 0.376 e. The fraction of sp³-hybridized carbons (Fsp3) is 0.125. The molecule has 4 nitrogen and oxygen atoms in total. The van der Waals surface area contributed by atoms with Gasteiger partial charge in [-0.15, -0.1) is 11.3 Å². The predicted octanol–water partition coefficient (Wildman–Crippen LogP) is 1.48. The van der Waals surface area contributed by atoms with E-state index in [0.29, 0.717) is 0 Å². The lowest BCUT2D eigenvalue weighted by Crippen LogP contribution is -2.06. The first kappa shape index (κ1) is 8.12. The van der Waals surface area contributed by atoms with Gasteiger partial charge in [-0.05, 0) is 11.4 Å². The quantitative estimate of drug-likeness (QED) is 0.645. The van der Waals surface area contributed by atoms with E-state index in [1.54, 1.807) is 6.20 Å². The Morgan fingerprint density at radius 3 is 3.23 bits per heavy atom. The second-order valence-corrected chi connectivity index (χ2v) is 3.26. The summed E-state index contributed by atoms with van der Waals surface area (Å²) in [6.45, 7) is 0. The monoisotopic (exact) mass is 194 g/mol. The van der Waals surface area contributed by atoms with Crippen molar-refractivity contribution in [1.29, 1.82) is 0 Å². The maximum Gasteiger partial charge on any atom is 0.376 e. The zero-order chi connectivity index (χ0) is 9.26. The summed E-state index contributed by atoms with van der Waals surface area (Å²) in [4.78, 5) is 19.7. The van der Waals surface area contributed by atoms with Gasteiger partial charge in [0.2, 0.25) is 5.82 Å². The highest BCUT2D eigenvalue weighted by molar-refractivity contribution is 7.16. The summed E-state index contributed by atoms with van der Waals surface area (Å²) < 4.78 is 4.50. The molecule has 2 aromatic rings. The molecule has 2 aromatic heterocycles. The van der Waals surface area contributed by atoms with Crippen molar-refractivity contribution in [2.45, 2.75) is 0 Å². The van der Waals surface area contributed by atoms with Crippen LogP contribution in [0.5, 0.6) is 0 Å². The summed E-state index contributed by atoms with van der Waals surface area (Å²) in [6, 6.07) is 1.90. The molecule has 0 unspecified atom stereocenters. The minimum atomic E-state index is -0.504. The third-order valence-corrected chi connectivity index (χ3v) is 2.40. The van der Waals surface area contributed by atoms with Gasteiger partial charge in [0.15, 0.2) is 0 Å². The van der Waals surface area contributed by atoms with Gasteiger partial charge in [0, 0.05) is 11.6 Å². The molecule has 0 radical (unpaired) electrons. The molecule has 2 rings (SSSR count). The summed E-state index contributed by atoms with van der Waals surface area (Å²) in [5, 5.41) is 2.85. The van der Waals surface area contributed by atoms with Crippen molar-refractivity contribution in [2.24, 2.45) is 0 Å². The Morgan fingerprint density at radius 2 is 2.46 bits per heavy atom. The SMILES string of the molecule is COC(=O)c1ncc2ccsc2n1. The molecule has 0 fully saturated rings. The van der Waals surface area contributed by atoms with Gasteiger partial charge in [0.1, 0.15) is 4.83 Å². The molecule has 5 heteroatoms. The topological polar surface area (TPSA) is 52.1 Å². The molecule has 0 bridgehead atoms. The molecule has 0 aliphatic rings. The molecule has 0 saturated heterocycles. The van der Waals surface area contributed by atoms with Crippen LogP contribution in [-0.2, 0) is 4.74 Å². The number of fused-ring (bicyclic) bond motifs is 1. The molecule has 0 aliphatic heterocycles. The van der Waals surface area contributed by atoms with Gasteiger partial charge in [0.25, 0.3) is 0 Å². The van der Waals surface area contributed by atoms with E-state index >= 15 is 0 Å². The van der Waals surface area contributed by atoms with Crippen LogP contribution in [0, 0.1) is 0 Å². The van der Waals surface area contributed by atoms with Crippen LogP contribution in [-0.4, -0.2) is 23.0 Å². The average molecular weight is 194 g/mol. The largest absolute Gasteiger partial charge is 0.463 e. The number of ether oxygens (including phenoxy) is 1. The minimum Gasteiger partial charge on any atom is -0.463 e. The van der Waals surface area contributed by atoms with Gasteiger partial charge in [-0.3, -0.25) is 0 Å². The lowest BCUT2D eigenvalue weighted by atomic mass is 10.4. The maximum absolute atomic E-state index is 11.0. The Kier molecular flexibility index (Phi) is 1.94. The standard InChI is InChI=1S/C8H6N2O2S/c1-12-8(11)6-9-4-5-2-3-13-7(5)10-6/h2-4H,1H3. The fourth-order valence-corrected chi connectivity index (χ4v) is 1.69. The first-order valence-corrected chi connectivity index (χ1v) is 4.48. The first-order valence-electron chi connectivity index (χ1n) is 3.60. The van der Waals surface area contributed by atoms with Crippen LogP contribution in [0.2, 0.25) is 0 Å². The summed E-state index contributed by atoms with van der Waals surface area (Å²) in [7, 11) is 1.31. The van der Waals surface area contributed by atoms with E-state index in [4.69, 9.17) is 0 Å². The highest BCUT2D eigenvalue weighted by atomic mass is 32.1. The van der Waals surface area contributed by atoms with Gasteiger partial charge in [-0.25, -0.2) is 14.8 Å². The van der Waals surface area contributed by atoms with Crippen molar-refractivity contribution in [3.8, 4) is 0 Å². The number of carbonyl (C=O) groups excluding carboxylic acids is 1. The molecule has 0 aromatic carbocycles. The Balaban J connectivity index is 2.54. The fourth-order valence-electron chi connectivity index (χ4n) is 0.946. The number of methoxy groups -OCH3 is 1. The molecular formula is C8H6N2O2S. The van der Waals surface area contributed by atoms with E-state index in [2.05, 4.69) is 14.7 Å². The van der Waals surface area contributed by atoms with Crippen molar-refractivity contribution >= 4 is 27.5 Å². The van der Waals surface area contributed by atoms with E-state index in [9.17, 15) is 4.79 Å². The number of hydrogen-bond donors (Lipinski definition) is 0. The first-order chi connectivity index (χ1) is 6.31. The van der Waals surface area contributed by atoms with Crippen molar-refractivity contribution in [2.75, 3.05) is 7.11 Å². The number of esters is 1. The number of thiophene rings is 1. The summed E-state index contributed by atoms with van der Waals surface area (Å²) in [5.74, 6) is -0.396. The van der Waals surface area contributed by atoms with E-state index in [-0.39, 0.29) is 5.82 Å². The molecular weight excluding hydrogens is 188 g/mol. The van der Waals surface area contributed by atoms with Crippen LogP contribution in [0.15, 0.2) is 17.6 Å². The number of nitrogens with zero attached hydrogens (tertiary/aromatic N) is 2. The molecule has 13 heavy (non-hydrogen) atoms. The lowest BCUT2D eigenvalue weighted by molar-refractivity contribution is 0.0587. The number of carbonyl (C=O) groups is 1. The molecule has 66 valence electrons. The molecule has 0 saturated carbocycles. The van der Waals surface area contributed by atoms with E-state index < -0.39 is 5.97 Å². The lowest BCUT2D eigenvalue weighted by Gasteiger charge is -1.95. The van der Waals surface area contributed by atoms with Crippen molar-refractivity contribution in [1.82, 2.24) is 9.97 Å². The van der Waals surface area contributed by atoms with Gasteiger partial charge >= 0.3 is 5.97 Å². The van der Waals surface area contributed by atoms with Crippen LogP contribution in [0.3, 0.4) is 0 Å². The van der Waals surface area contributed by atoms with Crippen LogP contribution in [0.25, 0.3) is 10.2 Å². The molecule has 0 amide bonds. The highest BCUT2D eigenvalue weighted by Gasteiger charge is 2.09. The second-order valence-electron chi connectivity index (χ2n) is 2.37. The molecule has 0 aliphatic carbocycles. The van der Waals surface area contributed by atoms with Crippen LogP contribution in [0.1, 0.15) is 10.6 Å². The average Bonchev–Trinajstić information content (AvgIpc) is 2.63. The third kappa shape index (κ3) is 1.38. The Bertz CT molecular complexity index is 452. The van der Waals surface area contributed by atoms with Crippen molar-refractivity contribution < 1.29 is 9.53 Å². The molecule has 0 atom stereocenters.